The van der Waals surface area contributed by atoms with E-state index in [2.05, 4.69) is 5.32 Å². The van der Waals surface area contributed by atoms with E-state index in [9.17, 15) is 17.6 Å². The highest BCUT2D eigenvalue weighted by Crippen LogP contribution is 2.29. The summed E-state index contributed by atoms with van der Waals surface area (Å²) < 4.78 is 56.1. The van der Waals surface area contributed by atoms with Gasteiger partial charge in [-0.25, -0.2) is 12.8 Å². The van der Waals surface area contributed by atoms with E-state index in [4.69, 9.17) is 14.2 Å². The number of benzene rings is 2. The molecule has 0 unspecified atom stereocenters. The first kappa shape index (κ1) is 22.0. The summed E-state index contributed by atoms with van der Waals surface area (Å²) in [6.45, 7) is 2.98. The van der Waals surface area contributed by atoms with Gasteiger partial charge >= 0.3 is 0 Å². The number of amides is 1. The third kappa shape index (κ3) is 5.47. The molecule has 0 radical (unpaired) electrons. The first-order chi connectivity index (χ1) is 14.4. The second kappa shape index (κ2) is 9.88. The van der Waals surface area contributed by atoms with Crippen molar-refractivity contribution in [2.24, 2.45) is 0 Å². The van der Waals surface area contributed by atoms with Gasteiger partial charge < -0.3 is 19.5 Å². The number of carbonyl (C=O) groups excluding carboxylic acids is 1. The van der Waals surface area contributed by atoms with E-state index in [0.29, 0.717) is 31.3 Å². The van der Waals surface area contributed by atoms with Crippen LogP contribution in [0.1, 0.15) is 6.92 Å². The Balaban J connectivity index is 1.75. The standard InChI is InChI=1S/C20H23FN2O6S/c1-2-28-19-8-7-17(30(25,26)23-9-11-27-12-10-23)13-18(19)22-20(24)14-29-16-5-3-15(21)4-6-16/h3-8,13H,2,9-12,14H2,1H3,(H,22,24). The molecule has 162 valence electrons. The lowest BCUT2D eigenvalue weighted by atomic mass is 10.3. The molecule has 0 aliphatic carbocycles. The minimum Gasteiger partial charge on any atom is -0.492 e. The van der Waals surface area contributed by atoms with Crippen molar-refractivity contribution < 1.29 is 31.8 Å². The second-order valence-corrected chi connectivity index (χ2v) is 8.34. The molecule has 1 N–H and O–H groups in total. The Morgan fingerprint density at radius 2 is 1.83 bits per heavy atom. The fourth-order valence-electron chi connectivity index (χ4n) is 2.85. The molecule has 8 nitrogen and oxygen atoms in total. The van der Waals surface area contributed by atoms with Gasteiger partial charge in [-0.2, -0.15) is 4.31 Å². The lowest BCUT2D eigenvalue weighted by molar-refractivity contribution is -0.118. The molecule has 1 heterocycles. The number of sulfonamides is 1. The fourth-order valence-corrected chi connectivity index (χ4v) is 4.29. The van der Waals surface area contributed by atoms with Crippen molar-refractivity contribution in [3.8, 4) is 11.5 Å². The number of hydrogen-bond acceptors (Lipinski definition) is 6. The zero-order chi connectivity index (χ0) is 21.6. The lowest BCUT2D eigenvalue weighted by Gasteiger charge is -2.26. The molecule has 2 aromatic carbocycles. The summed E-state index contributed by atoms with van der Waals surface area (Å²) in [5, 5.41) is 2.62. The molecule has 0 saturated carbocycles. The van der Waals surface area contributed by atoms with Gasteiger partial charge in [0.2, 0.25) is 10.0 Å². The number of nitrogens with one attached hydrogen (secondary N) is 1. The third-order valence-electron chi connectivity index (χ3n) is 4.32. The maximum Gasteiger partial charge on any atom is 0.262 e. The van der Waals surface area contributed by atoms with Crippen LogP contribution in [0.25, 0.3) is 0 Å². The van der Waals surface area contributed by atoms with Gasteiger partial charge in [-0.1, -0.05) is 0 Å². The zero-order valence-electron chi connectivity index (χ0n) is 16.5. The largest absolute Gasteiger partial charge is 0.492 e. The average molecular weight is 438 g/mol. The molecule has 1 aliphatic heterocycles. The lowest BCUT2D eigenvalue weighted by Crippen LogP contribution is -2.40. The molecule has 0 spiro atoms. The van der Waals surface area contributed by atoms with Gasteiger partial charge in [0.1, 0.15) is 17.3 Å². The summed E-state index contributed by atoms with van der Waals surface area (Å²) >= 11 is 0. The van der Waals surface area contributed by atoms with Crippen molar-refractivity contribution >= 4 is 21.6 Å². The Labute approximate surface area is 174 Å². The van der Waals surface area contributed by atoms with E-state index < -0.39 is 21.7 Å². The summed E-state index contributed by atoms with van der Waals surface area (Å²) in [6, 6.07) is 9.58. The van der Waals surface area contributed by atoms with Crippen LogP contribution in [0.3, 0.4) is 0 Å². The van der Waals surface area contributed by atoms with Crippen molar-refractivity contribution in [2.45, 2.75) is 11.8 Å². The van der Waals surface area contributed by atoms with Crippen molar-refractivity contribution in [2.75, 3.05) is 44.8 Å². The highest BCUT2D eigenvalue weighted by molar-refractivity contribution is 7.89. The van der Waals surface area contributed by atoms with Gasteiger partial charge in [-0.15, -0.1) is 0 Å². The quantitative estimate of drug-likeness (QED) is 0.680. The number of ether oxygens (including phenoxy) is 3. The summed E-state index contributed by atoms with van der Waals surface area (Å²) in [7, 11) is -3.73. The zero-order valence-corrected chi connectivity index (χ0v) is 17.3. The Bertz CT molecular complexity index is 975. The van der Waals surface area contributed by atoms with Crippen molar-refractivity contribution in [3.63, 3.8) is 0 Å². The number of anilines is 1. The number of nitrogens with zero attached hydrogens (tertiary/aromatic N) is 1. The summed E-state index contributed by atoms with van der Waals surface area (Å²) in [4.78, 5) is 12.4. The Kier molecular flexibility index (Phi) is 7.24. The van der Waals surface area contributed by atoms with E-state index >= 15 is 0 Å². The van der Waals surface area contributed by atoms with Crippen LogP contribution in [0.15, 0.2) is 47.4 Å². The van der Waals surface area contributed by atoms with Crippen LogP contribution in [0.2, 0.25) is 0 Å². The smallest absolute Gasteiger partial charge is 0.262 e. The molecule has 3 rings (SSSR count). The molecule has 1 fully saturated rings. The maximum absolute atomic E-state index is 13.0. The first-order valence-corrected chi connectivity index (χ1v) is 10.9. The number of rotatable bonds is 8. The van der Waals surface area contributed by atoms with Crippen LogP contribution in [-0.2, 0) is 19.6 Å². The molecule has 1 amide bonds. The predicted octanol–water partition coefficient (Wildman–Crippen LogP) is 2.26. The molecule has 30 heavy (non-hydrogen) atoms. The Morgan fingerprint density at radius 1 is 1.13 bits per heavy atom. The summed E-state index contributed by atoms with van der Waals surface area (Å²) in [6.07, 6.45) is 0. The van der Waals surface area contributed by atoms with Crippen molar-refractivity contribution in [3.05, 3.63) is 48.3 Å². The van der Waals surface area contributed by atoms with Crippen LogP contribution in [0, 0.1) is 5.82 Å². The van der Waals surface area contributed by atoms with Gasteiger partial charge in [-0.05, 0) is 49.4 Å². The highest BCUT2D eigenvalue weighted by atomic mass is 32.2. The fraction of sp³-hybridized carbons (Fsp3) is 0.350. The molecule has 10 heteroatoms. The second-order valence-electron chi connectivity index (χ2n) is 6.40. The summed E-state index contributed by atoms with van der Waals surface area (Å²) in [5.41, 5.74) is 0.221. The number of morpholine rings is 1. The van der Waals surface area contributed by atoms with E-state index in [0.717, 1.165) is 0 Å². The molecular weight excluding hydrogens is 415 g/mol. The minimum absolute atomic E-state index is 0.0441. The molecule has 0 aromatic heterocycles. The van der Waals surface area contributed by atoms with Crippen LogP contribution in [0.5, 0.6) is 11.5 Å². The van der Waals surface area contributed by atoms with Crippen LogP contribution in [-0.4, -0.2) is 58.1 Å². The van der Waals surface area contributed by atoms with Crippen LogP contribution >= 0.6 is 0 Å². The minimum atomic E-state index is -3.73. The van der Waals surface area contributed by atoms with Gasteiger partial charge in [-0.3, -0.25) is 4.79 Å². The van der Waals surface area contributed by atoms with E-state index in [1.165, 1.54) is 46.8 Å². The maximum atomic E-state index is 13.0. The average Bonchev–Trinajstić information content (AvgIpc) is 2.75. The topological polar surface area (TPSA) is 94.2 Å². The van der Waals surface area contributed by atoms with Gasteiger partial charge in [0.25, 0.3) is 5.91 Å². The Hall–Kier alpha value is -2.69. The summed E-state index contributed by atoms with van der Waals surface area (Å²) in [5.74, 6) is -0.249. The van der Waals surface area contributed by atoms with E-state index in [1.807, 2.05) is 0 Å². The first-order valence-electron chi connectivity index (χ1n) is 9.43. The van der Waals surface area contributed by atoms with Crippen molar-refractivity contribution in [1.82, 2.24) is 4.31 Å². The van der Waals surface area contributed by atoms with Crippen LogP contribution < -0.4 is 14.8 Å². The highest BCUT2D eigenvalue weighted by Gasteiger charge is 2.27. The molecule has 1 aliphatic rings. The van der Waals surface area contributed by atoms with Crippen LogP contribution in [0.4, 0.5) is 10.1 Å². The molecule has 0 atom stereocenters. The van der Waals surface area contributed by atoms with Crippen molar-refractivity contribution in [1.29, 1.82) is 0 Å². The Morgan fingerprint density at radius 3 is 2.50 bits per heavy atom. The predicted molar refractivity (Wildman–Crippen MR) is 108 cm³/mol. The van der Waals surface area contributed by atoms with E-state index in [-0.39, 0.29) is 30.3 Å². The molecule has 2 aromatic rings. The number of carbonyl (C=O) groups is 1. The third-order valence-corrected chi connectivity index (χ3v) is 6.21. The molecule has 0 bridgehead atoms. The number of halogens is 1. The molecule has 1 saturated heterocycles. The number of hydrogen-bond donors (Lipinski definition) is 1. The van der Waals surface area contributed by atoms with E-state index in [1.54, 1.807) is 6.92 Å². The molecular formula is C20H23FN2O6S. The monoisotopic (exact) mass is 438 g/mol. The normalized spacial score (nSPS) is 14.9. The van der Waals surface area contributed by atoms with Gasteiger partial charge in [0, 0.05) is 13.1 Å². The SMILES string of the molecule is CCOc1ccc(S(=O)(=O)N2CCOCC2)cc1NC(=O)COc1ccc(F)cc1. The van der Waals surface area contributed by atoms with Gasteiger partial charge in [0.05, 0.1) is 30.4 Å². The van der Waals surface area contributed by atoms with Gasteiger partial charge in [0.15, 0.2) is 6.61 Å².